The van der Waals surface area contributed by atoms with E-state index in [4.69, 9.17) is 22.1 Å². The van der Waals surface area contributed by atoms with Gasteiger partial charge >= 0.3 is 0 Å². The number of hydrogen-bond donors (Lipinski definition) is 2. The Balaban J connectivity index is 3.07. The molecule has 0 aliphatic heterocycles. The van der Waals surface area contributed by atoms with Crippen molar-refractivity contribution in [2.24, 2.45) is 5.73 Å². The number of ether oxygens (including phenoxy) is 1. The second kappa shape index (κ2) is 6.19. The molecular formula is C12H19ClN2O3S. The normalized spacial score (nSPS) is 12.7. The molecule has 0 unspecified atom stereocenters. The molecule has 5 nitrogen and oxygen atoms in total. The molecule has 0 aliphatic rings. The molecule has 0 fully saturated rings. The first kappa shape index (κ1) is 16.4. The molecule has 0 heterocycles. The van der Waals surface area contributed by atoms with Crippen molar-refractivity contribution in [3.63, 3.8) is 0 Å². The van der Waals surface area contributed by atoms with Gasteiger partial charge in [0.05, 0.1) is 17.2 Å². The van der Waals surface area contributed by atoms with Crippen molar-refractivity contribution in [2.45, 2.75) is 30.8 Å². The fourth-order valence-corrected chi connectivity index (χ4v) is 3.67. The predicted molar refractivity (Wildman–Crippen MR) is 75.6 cm³/mol. The maximum Gasteiger partial charge on any atom is 0.242 e. The van der Waals surface area contributed by atoms with Crippen molar-refractivity contribution in [1.29, 1.82) is 0 Å². The van der Waals surface area contributed by atoms with Crippen molar-refractivity contribution in [3.05, 3.63) is 28.8 Å². The molecule has 19 heavy (non-hydrogen) atoms. The number of sulfonamides is 1. The third kappa shape index (κ3) is 4.43. The monoisotopic (exact) mass is 306 g/mol. The van der Waals surface area contributed by atoms with Crippen LogP contribution in [0.1, 0.15) is 19.4 Å². The van der Waals surface area contributed by atoms with Crippen molar-refractivity contribution in [3.8, 4) is 0 Å². The highest BCUT2D eigenvalue weighted by Crippen LogP contribution is 2.23. The molecule has 3 N–H and O–H groups in total. The molecule has 1 aromatic carbocycles. The molecule has 1 aromatic rings. The smallest absolute Gasteiger partial charge is 0.242 e. The molecule has 0 atom stereocenters. The summed E-state index contributed by atoms with van der Waals surface area (Å²) in [6.45, 7) is 4.03. The van der Waals surface area contributed by atoms with Crippen LogP contribution in [-0.4, -0.2) is 27.7 Å². The minimum absolute atomic E-state index is 0.0375. The SMILES string of the molecule is COCC(C)(C)NS(=O)(=O)c1ccc(CN)cc1Cl. The summed E-state index contributed by atoms with van der Waals surface area (Å²) in [6.07, 6.45) is 0. The van der Waals surface area contributed by atoms with Gasteiger partial charge in [-0.3, -0.25) is 0 Å². The van der Waals surface area contributed by atoms with E-state index in [1.54, 1.807) is 26.0 Å². The molecule has 108 valence electrons. The van der Waals surface area contributed by atoms with Gasteiger partial charge in [-0.1, -0.05) is 17.7 Å². The molecule has 1 rings (SSSR count). The summed E-state index contributed by atoms with van der Waals surface area (Å²) in [5, 5.41) is 0.156. The summed E-state index contributed by atoms with van der Waals surface area (Å²) in [7, 11) is -2.19. The van der Waals surface area contributed by atoms with E-state index in [-0.39, 0.29) is 16.5 Å². The fraction of sp³-hybridized carbons (Fsp3) is 0.500. The standard InChI is InChI=1S/C12H19ClN2O3S/c1-12(2,8-18-3)15-19(16,17)11-5-4-9(7-14)6-10(11)13/h4-6,15H,7-8,14H2,1-3H3. The highest BCUT2D eigenvalue weighted by molar-refractivity contribution is 7.89. The Hall–Kier alpha value is -0.660. The van der Waals surface area contributed by atoms with Crippen molar-refractivity contribution >= 4 is 21.6 Å². The number of nitrogens with two attached hydrogens (primary N) is 1. The number of hydrogen-bond acceptors (Lipinski definition) is 4. The van der Waals surface area contributed by atoms with E-state index < -0.39 is 15.6 Å². The minimum atomic E-state index is -3.70. The molecule has 0 radical (unpaired) electrons. The lowest BCUT2D eigenvalue weighted by molar-refractivity contribution is 0.141. The topological polar surface area (TPSA) is 81.4 Å². The first-order valence-corrected chi connectivity index (χ1v) is 7.59. The first-order chi connectivity index (χ1) is 8.72. The molecule has 0 saturated carbocycles. The molecule has 0 spiro atoms. The first-order valence-electron chi connectivity index (χ1n) is 5.73. The molecular weight excluding hydrogens is 288 g/mol. The van der Waals surface area contributed by atoms with Crippen molar-refractivity contribution in [1.82, 2.24) is 4.72 Å². The summed E-state index contributed by atoms with van der Waals surface area (Å²) in [5.41, 5.74) is 5.54. The van der Waals surface area contributed by atoms with Crippen molar-refractivity contribution < 1.29 is 13.2 Å². The summed E-state index contributed by atoms with van der Waals surface area (Å²) in [6, 6.07) is 4.65. The van der Waals surface area contributed by atoms with Crippen LogP contribution in [0.3, 0.4) is 0 Å². The lowest BCUT2D eigenvalue weighted by Crippen LogP contribution is -2.46. The Bertz CT molecular complexity index is 544. The van der Waals surface area contributed by atoms with Crippen LogP contribution in [0.15, 0.2) is 23.1 Å². The summed E-state index contributed by atoms with van der Waals surface area (Å²) in [5.74, 6) is 0. The Morgan fingerprint density at radius 3 is 2.53 bits per heavy atom. The number of halogens is 1. The van der Waals surface area contributed by atoms with Crippen LogP contribution in [0.5, 0.6) is 0 Å². The molecule has 0 amide bonds. The zero-order valence-electron chi connectivity index (χ0n) is 11.2. The van der Waals surface area contributed by atoms with Gasteiger partial charge in [0.15, 0.2) is 0 Å². The average molecular weight is 307 g/mol. The number of nitrogens with one attached hydrogen (secondary N) is 1. The van der Waals surface area contributed by atoms with E-state index in [0.717, 1.165) is 5.56 Å². The third-order valence-corrected chi connectivity index (χ3v) is 4.62. The largest absolute Gasteiger partial charge is 0.383 e. The Morgan fingerprint density at radius 2 is 2.05 bits per heavy atom. The van der Waals surface area contributed by atoms with Gasteiger partial charge in [0.2, 0.25) is 10.0 Å². The molecule has 0 saturated heterocycles. The highest BCUT2D eigenvalue weighted by atomic mass is 35.5. The van der Waals surface area contributed by atoms with Gasteiger partial charge < -0.3 is 10.5 Å². The van der Waals surface area contributed by atoms with Gasteiger partial charge in [0.1, 0.15) is 4.90 Å². The van der Waals surface area contributed by atoms with Crippen LogP contribution >= 0.6 is 11.6 Å². The molecule has 0 bridgehead atoms. The maximum atomic E-state index is 12.3. The lowest BCUT2D eigenvalue weighted by atomic mass is 10.1. The second-order valence-corrected chi connectivity index (χ2v) is 6.95. The summed E-state index contributed by atoms with van der Waals surface area (Å²) < 4.78 is 32.1. The predicted octanol–water partition coefficient (Wildman–Crippen LogP) is 1.50. The van der Waals surface area contributed by atoms with Crippen LogP contribution in [-0.2, 0) is 21.3 Å². The highest BCUT2D eigenvalue weighted by Gasteiger charge is 2.27. The van der Waals surface area contributed by atoms with E-state index in [1.807, 2.05) is 0 Å². The van der Waals surface area contributed by atoms with Gasteiger partial charge in [-0.05, 0) is 31.5 Å². The zero-order chi connectivity index (χ0) is 14.7. The summed E-state index contributed by atoms with van der Waals surface area (Å²) >= 11 is 5.99. The number of rotatable bonds is 6. The van der Waals surface area contributed by atoms with Gasteiger partial charge in [-0.25, -0.2) is 13.1 Å². The zero-order valence-corrected chi connectivity index (χ0v) is 12.8. The third-order valence-electron chi connectivity index (χ3n) is 2.44. The van der Waals surface area contributed by atoms with Crippen molar-refractivity contribution in [2.75, 3.05) is 13.7 Å². The molecule has 7 heteroatoms. The molecule has 0 aromatic heterocycles. The quantitative estimate of drug-likeness (QED) is 0.834. The minimum Gasteiger partial charge on any atom is -0.383 e. The number of methoxy groups -OCH3 is 1. The Labute approximate surface area is 119 Å². The van der Waals surface area contributed by atoms with E-state index in [1.165, 1.54) is 13.2 Å². The Morgan fingerprint density at radius 1 is 1.42 bits per heavy atom. The Kier molecular flexibility index (Phi) is 5.34. The van der Waals surface area contributed by atoms with Gasteiger partial charge in [-0.2, -0.15) is 0 Å². The lowest BCUT2D eigenvalue weighted by Gasteiger charge is -2.25. The van der Waals surface area contributed by atoms with Gasteiger partial charge in [-0.15, -0.1) is 0 Å². The van der Waals surface area contributed by atoms with Crippen LogP contribution in [0, 0.1) is 0 Å². The van der Waals surface area contributed by atoms with Gasteiger partial charge in [0.25, 0.3) is 0 Å². The number of benzene rings is 1. The fourth-order valence-electron chi connectivity index (χ4n) is 1.70. The van der Waals surface area contributed by atoms with Crippen LogP contribution < -0.4 is 10.5 Å². The summed E-state index contributed by atoms with van der Waals surface area (Å²) in [4.78, 5) is 0.0375. The van der Waals surface area contributed by atoms with E-state index in [2.05, 4.69) is 4.72 Å². The van der Waals surface area contributed by atoms with Crippen LogP contribution in [0.2, 0.25) is 5.02 Å². The van der Waals surface area contributed by atoms with Gasteiger partial charge in [0, 0.05) is 13.7 Å². The van der Waals surface area contributed by atoms with E-state index >= 15 is 0 Å². The second-order valence-electron chi connectivity index (χ2n) is 4.89. The van der Waals surface area contributed by atoms with Crippen LogP contribution in [0.4, 0.5) is 0 Å². The average Bonchev–Trinajstić information content (AvgIpc) is 2.26. The van der Waals surface area contributed by atoms with E-state index in [9.17, 15) is 8.42 Å². The molecule has 0 aliphatic carbocycles. The maximum absolute atomic E-state index is 12.3. The van der Waals surface area contributed by atoms with Crippen LogP contribution in [0.25, 0.3) is 0 Å². The van der Waals surface area contributed by atoms with E-state index in [0.29, 0.717) is 6.54 Å².